The molecule has 1 N–H and O–H groups in total. The van der Waals surface area contributed by atoms with Gasteiger partial charge in [-0.25, -0.2) is 18.7 Å². The minimum atomic E-state index is -0.772. The molecule has 0 aliphatic heterocycles. The van der Waals surface area contributed by atoms with Crippen molar-refractivity contribution >= 4 is 5.82 Å². The van der Waals surface area contributed by atoms with Crippen molar-refractivity contribution in [3.63, 3.8) is 0 Å². The Morgan fingerprint density at radius 1 is 1.26 bits per heavy atom. The van der Waals surface area contributed by atoms with E-state index in [1.807, 2.05) is 6.92 Å². The number of benzene rings is 1. The van der Waals surface area contributed by atoms with E-state index >= 15 is 0 Å². The van der Waals surface area contributed by atoms with Gasteiger partial charge in [0.2, 0.25) is 5.88 Å². The van der Waals surface area contributed by atoms with Crippen molar-refractivity contribution < 1.29 is 13.5 Å². The molecule has 0 spiro atoms. The van der Waals surface area contributed by atoms with E-state index in [0.717, 1.165) is 17.7 Å². The summed E-state index contributed by atoms with van der Waals surface area (Å²) in [6.45, 7) is 1.91. The van der Waals surface area contributed by atoms with Crippen LogP contribution in [0, 0.1) is 11.6 Å². The van der Waals surface area contributed by atoms with Crippen molar-refractivity contribution in [2.24, 2.45) is 0 Å². The zero-order valence-corrected chi connectivity index (χ0v) is 10.6. The fourth-order valence-corrected chi connectivity index (χ4v) is 1.68. The van der Waals surface area contributed by atoms with Gasteiger partial charge in [-0.3, -0.25) is 0 Å². The summed E-state index contributed by atoms with van der Waals surface area (Å²) < 4.78 is 31.7. The Morgan fingerprint density at radius 3 is 2.68 bits per heavy atom. The van der Waals surface area contributed by atoms with Gasteiger partial charge in [-0.15, -0.1) is 0 Å². The number of ether oxygens (including phenoxy) is 1. The third-order valence-corrected chi connectivity index (χ3v) is 2.60. The summed E-state index contributed by atoms with van der Waals surface area (Å²) in [5, 5.41) is 2.91. The van der Waals surface area contributed by atoms with Crippen LogP contribution in [-0.2, 0) is 6.42 Å². The summed E-state index contributed by atoms with van der Waals surface area (Å²) in [7, 11) is 1.73. The number of hydrogen-bond donors (Lipinski definition) is 1. The van der Waals surface area contributed by atoms with Gasteiger partial charge in [0.15, 0.2) is 11.6 Å². The molecule has 19 heavy (non-hydrogen) atoms. The molecule has 2 aromatic rings. The maximum Gasteiger partial charge on any atom is 0.227 e. The van der Waals surface area contributed by atoms with Gasteiger partial charge >= 0.3 is 0 Å². The highest BCUT2D eigenvalue weighted by Gasteiger charge is 2.13. The number of nitrogens with zero attached hydrogens (tertiary/aromatic N) is 2. The molecule has 1 heterocycles. The molecule has 0 fully saturated rings. The van der Waals surface area contributed by atoms with Crippen LogP contribution in [0.25, 0.3) is 0 Å². The summed E-state index contributed by atoms with van der Waals surface area (Å²) >= 11 is 0. The van der Waals surface area contributed by atoms with E-state index in [-0.39, 0.29) is 11.6 Å². The van der Waals surface area contributed by atoms with Crippen molar-refractivity contribution in [2.75, 3.05) is 12.4 Å². The highest BCUT2D eigenvalue weighted by atomic mass is 19.1. The zero-order chi connectivity index (χ0) is 13.8. The van der Waals surface area contributed by atoms with Crippen molar-refractivity contribution in [3.05, 3.63) is 41.7 Å². The topological polar surface area (TPSA) is 47.0 Å². The number of anilines is 1. The van der Waals surface area contributed by atoms with Crippen molar-refractivity contribution in [1.29, 1.82) is 0 Å². The Morgan fingerprint density at radius 2 is 2.05 bits per heavy atom. The van der Waals surface area contributed by atoms with E-state index in [4.69, 9.17) is 4.74 Å². The first-order chi connectivity index (χ1) is 9.15. The molecule has 0 bridgehead atoms. The standard InChI is InChI=1S/C13H13F2N3O/c1-3-9-12(16-2)17-7-18-13(9)19-11-5-4-8(14)6-10(11)15/h4-7H,3H2,1-2H3,(H,16,17,18). The smallest absolute Gasteiger partial charge is 0.227 e. The molecule has 100 valence electrons. The normalized spacial score (nSPS) is 10.3. The van der Waals surface area contributed by atoms with Crippen LogP contribution in [0.5, 0.6) is 11.6 Å². The lowest BCUT2D eigenvalue weighted by Gasteiger charge is -2.12. The molecule has 0 saturated carbocycles. The van der Waals surface area contributed by atoms with Gasteiger partial charge in [-0.2, -0.15) is 0 Å². The van der Waals surface area contributed by atoms with Crippen LogP contribution in [0.4, 0.5) is 14.6 Å². The monoisotopic (exact) mass is 265 g/mol. The molecule has 4 nitrogen and oxygen atoms in total. The molecule has 2 rings (SSSR count). The molecule has 0 unspecified atom stereocenters. The van der Waals surface area contributed by atoms with Crippen LogP contribution in [-0.4, -0.2) is 17.0 Å². The summed E-state index contributed by atoms with van der Waals surface area (Å²) in [5.41, 5.74) is 0.730. The highest BCUT2D eigenvalue weighted by molar-refractivity contribution is 5.49. The molecule has 1 aromatic carbocycles. The zero-order valence-electron chi connectivity index (χ0n) is 10.6. The third-order valence-electron chi connectivity index (χ3n) is 2.60. The van der Waals surface area contributed by atoms with E-state index < -0.39 is 11.6 Å². The van der Waals surface area contributed by atoms with Gasteiger partial charge in [-0.05, 0) is 18.6 Å². The Kier molecular flexibility index (Phi) is 3.89. The van der Waals surface area contributed by atoms with Crippen LogP contribution in [0.2, 0.25) is 0 Å². The maximum absolute atomic E-state index is 13.5. The molecule has 0 aliphatic carbocycles. The average Bonchev–Trinajstić information content (AvgIpc) is 2.41. The second-order valence-corrected chi connectivity index (χ2v) is 3.79. The lowest BCUT2D eigenvalue weighted by molar-refractivity contribution is 0.418. The first-order valence-corrected chi connectivity index (χ1v) is 5.80. The van der Waals surface area contributed by atoms with E-state index in [0.29, 0.717) is 12.2 Å². The molecule has 0 amide bonds. The van der Waals surface area contributed by atoms with Gasteiger partial charge in [0.25, 0.3) is 0 Å². The number of nitrogens with one attached hydrogen (secondary N) is 1. The second-order valence-electron chi connectivity index (χ2n) is 3.79. The minimum Gasteiger partial charge on any atom is -0.435 e. The van der Waals surface area contributed by atoms with E-state index in [1.54, 1.807) is 7.05 Å². The van der Waals surface area contributed by atoms with Crippen LogP contribution < -0.4 is 10.1 Å². The van der Waals surface area contributed by atoms with E-state index in [9.17, 15) is 8.78 Å². The summed E-state index contributed by atoms with van der Waals surface area (Å²) in [6, 6.07) is 3.12. The fraction of sp³-hybridized carbons (Fsp3) is 0.231. The van der Waals surface area contributed by atoms with Crippen LogP contribution in [0.3, 0.4) is 0 Å². The van der Waals surface area contributed by atoms with Crippen molar-refractivity contribution in [3.8, 4) is 11.6 Å². The fourth-order valence-electron chi connectivity index (χ4n) is 1.68. The predicted octanol–water partition coefficient (Wildman–Crippen LogP) is 3.15. The predicted molar refractivity (Wildman–Crippen MR) is 67.4 cm³/mol. The molecule has 1 aromatic heterocycles. The van der Waals surface area contributed by atoms with Gasteiger partial charge in [0.1, 0.15) is 18.0 Å². The Hall–Kier alpha value is -2.24. The van der Waals surface area contributed by atoms with Crippen molar-refractivity contribution in [2.45, 2.75) is 13.3 Å². The molecule has 0 radical (unpaired) electrons. The molecule has 6 heteroatoms. The quantitative estimate of drug-likeness (QED) is 0.922. The molecule has 0 atom stereocenters. The SMILES string of the molecule is CCc1c(NC)ncnc1Oc1ccc(F)cc1F. The molecule has 0 saturated heterocycles. The summed E-state index contributed by atoms with van der Waals surface area (Å²) in [4.78, 5) is 8.03. The number of hydrogen-bond acceptors (Lipinski definition) is 4. The second kappa shape index (κ2) is 5.60. The van der Waals surface area contributed by atoms with Gasteiger partial charge in [0, 0.05) is 13.1 Å². The highest BCUT2D eigenvalue weighted by Crippen LogP contribution is 2.29. The summed E-state index contributed by atoms with van der Waals surface area (Å²) in [6.07, 6.45) is 1.94. The first kappa shape index (κ1) is 13.2. The number of halogens is 2. The van der Waals surface area contributed by atoms with Crippen LogP contribution in [0.1, 0.15) is 12.5 Å². The Balaban J connectivity index is 2.37. The molecular weight excluding hydrogens is 252 g/mol. The molecular formula is C13H13F2N3O. The number of rotatable bonds is 4. The van der Waals surface area contributed by atoms with E-state index in [1.165, 1.54) is 12.4 Å². The third kappa shape index (κ3) is 2.78. The van der Waals surface area contributed by atoms with Gasteiger partial charge < -0.3 is 10.1 Å². The van der Waals surface area contributed by atoms with Crippen molar-refractivity contribution in [1.82, 2.24) is 9.97 Å². The van der Waals surface area contributed by atoms with E-state index in [2.05, 4.69) is 15.3 Å². The van der Waals surface area contributed by atoms with Gasteiger partial charge in [-0.1, -0.05) is 6.92 Å². The summed E-state index contributed by atoms with van der Waals surface area (Å²) in [5.74, 6) is -0.620. The number of aromatic nitrogens is 2. The van der Waals surface area contributed by atoms with Crippen LogP contribution >= 0.6 is 0 Å². The first-order valence-electron chi connectivity index (χ1n) is 5.80. The lowest BCUT2D eigenvalue weighted by Crippen LogP contribution is -2.03. The lowest BCUT2D eigenvalue weighted by atomic mass is 10.2. The largest absolute Gasteiger partial charge is 0.435 e. The molecule has 0 aliphatic rings. The maximum atomic E-state index is 13.5. The van der Waals surface area contributed by atoms with Crippen LogP contribution in [0.15, 0.2) is 24.5 Å². The Bertz CT molecular complexity index is 590. The van der Waals surface area contributed by atoms with Gasteiger partial charge in [0.05, 0.1) is 5.56 Å². The minimum absolute atomic E-state index is 0.0724. The average molecular weight is 265 g/mol. The Labute approximate surface area is 109 Å².